The third kappa shape index (κ3) is 4.69. The topological polar surface area (TPSA) is 32.3 Å². The van der Waals surface area contributed by atoms with Crippen LogP contribution in [0.1, 0.15) is 25.3 Å². The fourth-order valence-corrected chi connectivity index (χ4v) is 2.12. The summed E-state index contributed by atoms with van der Waals surface area (Å²) in [5.74, 6) is 0.184. The van der Waals surface area contributed by atoms with Gasteiger partial charge >= 0.3 is 0 Å². The molecule has 0 atom stereocenters. The molecule has 0 radical (unpaired) electrons. The van der Waals surface area contributed by atoms with Crippen molar-refractivity contribution in [2.24, 2.45) is 0 Å². The zero-order chi connectivity index (χ0) is 13.5. The van der Waals surface area contributed by atoms with Crippen LogP contribution in [0, 0.1) is 0 Å². The number of hydrogen-bond acceptors (Lipinski definition) is 2. The lowest BCUT2D eigenvalue weighted by Crippen LogP contribution is -2.22. The van der Waals surface area contributed by atoms with Crippen LogP contribution in [0.25, 0.3) is 0 Å². The van der Waals surface area contributed by atoms with Crippen molar-refractivity contribution < 1.29 is 4.79 Å². The maximum absolute atomic E-state index is 11.4. The Kier molecular flexibility index (Phi) is 6.19. The monoisotopic (exact) mass is 312 g/mol. The molecular weight excluding hydrogens is 292 g/mol. The number of rotatable bonds is 6. The van der Waals surface area contributed by atoms with E-state index in [1.165, 1.54) is 5.56 Å². The van der Waals surface area contributed by atoms with Gasteiger partial charge in [-0.3, -0.25) is 4.79 Å². The molecule has 0 aliphatic rings. The number of benzene rings is 1. The van der Waals surface area contributed by atoms with E-state index in [0.29, 0.717) is 6.42 Å². The molecule has 0 bridgehead atoms. The summed E-state index contributed by atoms with van der Waals surface area (Å²) in [6, 6.07) is 6.25. The molecule has 4 heteroatoms. The zero-order valence-electron chi connectivity index (χ0n) is 11.3. The minimum atomic E-state index is 0.184. The average Bonchev–Trinajstić information content (AvgIpc) is 2.35. The fourth-order valence-electron chi connectivity index (χ4n) is 1.71. The summed E-state index contributed by atoms with van der Waals surface area (Å²) in [5.41, 5.74) is 2.46. The third-order valence-electron chi connectivity index (χ3n) is 2.83. The van der Waals surface area contributed by atoms with Gasteiger partial charge in [-0.15, -0.1) is 0 Å². The van der Waals surface area contributed by atoms with Gasteiger partial charge in [0.15, 0.2) is 0 Å². The highest BCUT2D eigenvalue weighted by Crippen LogP contribution is 2.21. The van der Waals surface area contributed by atoms with Gasteiger partial charge in [-0.1, -0.05) is 22.9 Å². The summed E-state index contributed by atoms with van der Waals surface area (Å²) in [7, 11) is 3.58. The predicted molar refractivity (Wildman–Crippen MR) is 79.9 cm³/mol. The van der Waals surface area contributed by atoms with Crippen LogP contribution in [0.15, 0.2) is 22.7 Å². The lowest BCUT2D eigenvalue weighted by molar-refractivity contribution is -0.128. The molecule has 0 aliphatic heterocycles. The molecule has 0 spiro atoms. The molecule has 0 aromatic heterocycles. The van der Waals surface area contributed by atoms with E-state index < -0.39 is 0 Å². The van der Waals surface area contributed by atoms with Crippen LogP contribution in [0.2, 0.25) is 0 Å². The van der Waals surface area contributed by atoms with Crippen molar-refractivity contribution in [3.05, 3.63) is 28.2 Å². The van der Waals surface area contributed by atoms with Crippen molar-refractivity contribution in [2.75, 3.05) is 26.0 Å². The molecule has 3 nitrogen and oxygen atoms in total. The van der Waals surface area contributed by atoms with Crippen molar-refractivity contribution in [1.82, 2.24) is 4.90 Å². The number of amides is 1. The molecule has 0 aliphatic carbocycles. The molecule has 0 saturated carbocycles. The molecule has 18 heavy (non-hydrogen) atoms. The highest BCUT2D eigenvalue weighted by Gasteiger charge is 2.04. The number of carbonyl (C=O) groups excluding carboxylic acids is 1. The average molecular weight is 313 g/mol. The van der Waals surface area contributed by atoms with Crippen molar-refractivity contribution in [3.63, 3.8) is 0 Å². The van der Waals surface area contributed by atoms with Crippen LogP contribution in [0.5, 0.6) is 0 Å². The molecule has 100 valence electrons. The van der Waals surface area contributed by atoms with Gasteiger partial charge in [0.1, 0.15) is 0 Å². The second-order valence-electron chi connectivity index (χ2n) is 4.47. The van der Waals surface area contributed by atoms with E-state index >= 15 is 0 Å². The largest absolute Gasteiger partial charge is 0.385 e. The van der Waals surface area contributed by atoms with Gasteiger partial charge in [-0.05, 0) is 36.6 Å². The van der Waals surface area contributed by atoms with Gasteiger partial charge in [0.25, 0.3) is 0 Å². The lowest BCUT2D eigenvalue weighted by Gasteiger charge is -2.13. The van der Waals surface area contributed by atoms with E-state index in [2.05, 4.69) is 40.3 Å². The van der Waals surface area contributed by atoms with Crippen molar-refractivity contribution >= 4 is 27.5 Å². The van der Waals surface area contributed by atoms with Crippen LogP contribution < -0.4 is 5.32 Å². The van der Waals surface area contributed by atoms with Gasteiger partial charge in [0.2, 0.25) is 5.91 Å². The van der Waals surface area contributed by atoms with Crippen LogP contribution in [0.4, 0.5) is 5.69 Å². The summed E-state index contributed by atoms with van der Waals surface area (Å²) in [6.45, 7) is 2.97. The molecular formula is C14H21BrN2O. The van der Waals surface area contributed by atoms with Crippen LogP contribution in [-0.2, 0) is 11.2 Å². The number of nitrogens with one attached hydrogen (secondary N) is 1. The van der Waals surface area contributed by atoms with E-state index in [1.807, 2.05) is 6.07 Å². The van der Waals surface area contributed by atoms with Crippen molar-refractivity contribution in [2.45, 2.75) is 26.2 Å². The Morgan fingerprint density at radius 2 is 2.11 bits per heavy atom. The fraction of sp³-hybridized carbons (Fsp3) is 0.500. The van der Waals surface area contributed by atoms with Crippen molar-refractivity contribution in [1.29, 1.82) is 0 Å². The molecule has 1 N–H and O–H groups in total. The summed E-state index contributed by atoms with van der Waals surface area (Å²) in [5, 5.41) is 3.39. The second-order valence-corrected chi connectivity index (χ2v) is 5.39. The molecule has 0 heterocycles. The number of nitrogens with zero attached hydrogens (tertiary/aromatic N) is 1. The van der Waals surface area contributed by atoms with Crippen LogP contribution in [-0.4, -0.2) is 31.4 Å². The summed E-state index contributed by atoms with van der Waals surface area (Å²) in [6.07, 6.45) is 2.45. The minimum Gasteiger partial charge on any atom is -0.385 e. The van der Waals surface area contributed by atoms with Crippen molar-refractivity contribution in [3.8, 4) is 0 Å². The lowest BCUT2D eigenvalue weighted by atomic mass is 10.1. The van der Waals surface area contributed by atoms with E-state index in [-0.39, 0.29) is 5.91 Å². The molecule has 1 aromatic rings. The van der Waals surface area contributed by atoms with Gasteiger partial charge in [-0.2, -0.15) is 0 Å². The highest BCUT2D eigenvalue weighted by molar-refractivity contribution is 9.10. The van der Waals surface area contributed by atoms with Gasteiger partial charge in [0, 0.05) is 37.2 Å². The minimum absolute atomic E-state index is 0.184. The molecule has 0 unspecified atom stereocenters. The highest BCUT2D eigenvalue weighted by atomic mass is 79.9. The zero-order valence-corrected chi connectivity index (χ0v) is 12.9. The maximum Gasteiger partial charge on any atom is 0.222 e. The first kappa shape index (κ1) is 15.0. The van der Waals surface area contributed by atoms with Crippen LogP contribution in [0.3, 0.4) is 0 Å². The standard InChI is InChI=1S/C14H21BrN2O/c1-4-11-10-12(15)7-8-13(11)16-9-5-6-14(18)17(2)3/h7-8,10,16H,4-6,9H2,1-3H3. The first-order valence-corrected chi connectivity index (χ1v) is 7.06. The Morgan fingerprint density at radius 3 is 2.72 bits per heavy atom. The predicted octanol–water partition coefficient (Wildman–Crippen LogP) is 3.29. The Bertz CT molecular complexity index is 405. The van der Waals surface area contributed by atoms with E-state index in [4.69, 9.17) is 0 Å². The van der Waals surface area contributed by atoms with E-state index in [9.17, 15) is 4.79 Å². The quantitative estimate of drug-likeness (QED) is 0.817. The number of aryl methyl sites for hydroxylation is 1. The first-order valence-electron chi connectivity index (χ1n) is 6.27. The summed E-state index contributed by atoms with van der Waals surface area (Å²) >= 11 is 3.48. The molecule has 1 amide bonds. The Labute approximate surface area is 118 Å². The second kappa shape index (κ2) is 7.41. The van der Waals surface area contributed by atoms with Gasteiger partial charge in [0.05, 0.1) is 0 Å². The maximum atomic E-state index is 11.4. The number of anilines is 1. The summed E-state index contributed by atoms with van der Waals surface area (Å²) < 4.78 is 1.10. The summed E-state index contributed by atoms with van der Waals surface area (Å²) in [4.78, 5) is 13.0. The molecule has 1 aromatic carbocycles. The molecule has 0 saturated heterocycles. The molecule has 1 rings (SSSR count). The van der Waals surface area contributed by atoms with E-state index in [0.717, 1.165) is 29.5 Å². The van der Waals surface area contributed by atoms with Gasteiger partial charge in [-0.25, -0.2) is 0 Å². The number of halogens is 1. The van der Waals surface area contributed by atoms with Crippen LogP contribution >= 0.6 is 15.9 Å². The Balaban J connectivity index is 2.42. The van der Waals surface area contributed by atoms with Gasteiger partial charge < -0.3 is 10.2 Å². The Morgan fingerprint density at radius 1 is 1.39 bits per heavy atom. The van der Waals surface area contributed by atoms with E-state index in [1.54, 1.807) is 19.0 Å². The number of hydrogen-bond donors (Lipinski definition) is 1. The first-order chi connectivity index (χ1) is 8.54. The third-order valence-corrected chi connectivity index (χ3v) is 3.32. The normalized spacial score (nSPS) is 10.2. The number of carbonyl (C=O) groups is 1. The SMILES string of the molecule is CCc1cc(Br)ccc1NCCCC(=O)N(C)C. The Hall–Kier alpha value is -1.03. The molecule has 0 fully saturated rings. The smallest absolute Gasteiger partial charge is 0.222 e.